The van der Waals surface area contributed by atoms with Crippen LogP contribution in [0.25, 0.3) is 0 Å². The summed E-state index contributed by atoms with van der Waals surface area (Å²) in [5.74, 6) is -0.0438. The van der Waals surface area contributed by atoms with E-state index in [0.717, 1.165) is 19.3 Å². The highest BCUT2D eigenvalue weighted by Crippen LogP contribution is 2.08. The standard InChI is InChI=1S/C9H17O2/c1-4-6-7-8(3)9(10)11-5-2/h8H,1,4-7H2,2-3H3. The van der Waals surface area contributed by atoms with Crippen molar-refractivity contribution in [2.75, 3.05) is 6.61 Å². The van der Waals surface area contributed by atoms with Gasteiger partial charge in [-0.25, -0.2) is 0 Å². The maximum absolute atomic E-state index is 11.0. The lowest BCUT2D eigenvalue weighted by Gasteiger charge is -2.08. The third-order valence-corrected chi connectivity index (χ3v) is 1.58. The van der Waals surface area contributed by atoms with E-state index in [2.05, 4.69) is 6.92 Å². The molecule has 1 atom stereocenters. The highest BCUT2D eigenvalue weighted by atomic mass is 16.5. The molecule has 0 saturated carbocycles. The number of unbranched alkanes of at least 4 members (excludes halogenated alkanes) is 1. The summed E-state index contributed by atoms with van der Waals surface area (Å²) in [4.78, 5) is 11.0. The van der Waals surface area contributed by atoms with Gasteiger partial charge in [0.05, 0.1) is 12.5 Å². The van der Waals surface area contributed by atoms with Gasteiger partial charge < -0.3 is 4.74 Å². The molecule has 65 valence electrons. The van der Waals surface area contributed by atoms with Crippen LogP contribution in [0.3, 0.4) is 0 Å². The molecular weight excluding hydrogens is 140 g/mol. The van der Waals surface area contributed by atoms with E-state index in [-0.39, 0.29) is 11.9 Å². The molecular formula is C9H17O2. The van der Waals surface area contributed by atoms with E-state index in [1.807, 2.05) is 13.8 Å². The van der Waals surface area contributed by atoms with Crippen molar-refractivity contribution in [1.82, 2.24) is 0 Å². The van der Waals surface area contributed by atoms with Crippen molar-refractivity contribution in [2.24, 2.45) is 5.92 Å². The minimum atomic E-state index is -0.0825. The summed E-state index contributed by atoms with van der Waals surface area (Å²) in [5.41, 5.74) is 0. The molecule has 0 saturated heterocycles. The average Bonchev–Trinajstić information content (AvgIpc) is 2.00. The normalized spacial score (nSPS) is 12.6. The molecule has 0 aliphatic carbocycles. The number of carbonyl (C=O) groups is 1. The molecule has 0 amide bonds. The lowest BCUT2D eigenvalue weighted by Crippen LogP contribution is -2.14. The Morgan fingerprint density at radius 2 is 2.27 bits per heavy atom. The number of rotatable bonds is 5. The second-order valence-corrected chi connectivity index (χ2v) is 2.65. The third kappa shape index (κ3) is 4.82. The number of hydrogen-bond acceptors (Lipinski definition) is 2. The van der Waals surface area contributed by atoms with Gasteiger partial charge in [-0.15, -0.1) is 0 Å². The van der Waals surface area contributed by atoms with Crippen LogP contribution in [0.1, 0.15) is 33.1 Å². The number of ether oxygens (including phenoxy) is 1. The number of carbonyl (C=O) groups excluding carboxylic acids is 1. The van der Waals surface area contributed by atoms with Gasteiger partial charge in [0.2, 0.25) is 0 Å². The lowest BCUT2D eigenvalue weighted by molar-refractivity contribution is -0.147. The largest absolute Gasteiger partial charge is 0.466 e. The molecule has 2 nitrogen and oxygen atoms in total. The first-order valence-electron chi connectivity index (χ1n) is 4.18. The Morgan fingerprint density at radius 1 is 1.64 bits per heavy atom. The van der Waals surface area contributed by atoms with Crippen molar-refractivity contribution < 1.29 is 9.53 Å². The summed E-state index contributed by atoms with van der Waals surface area (Å²) in [5, 5.41) is 0. The Labute approximate surface area is 68.9 Å². The Kier molecular flexibility index (Phi) is 5.90. The summed E-state index contributed by atoms with van der Waals surface area (Å²) >= 11 is 0. The van der Waals surface area contributed by atoms with Crippen molar-refractivity contribution in [1.29, 1.82) is 0 Å². The smallest absolute Gasteiger partial charge is 0.308 e. The van der Waals surface area contributed by atoms with E-state index < -0.39 is 0 Å². The second kappa shape index (κ2) is 6.20. The molecule has 0 fully saturated rings. The van der Waals surface area contributed by atoms with E-state index in [4.69, 9.17) is 4.74 Å². The van der Waals surface area contributed by atoms with Crippen LogP contribution in [-0.2, 0) is 9.53 Å². The minimum Gasteiger partial charge on any atom is -0.466 e. The molecule has 0 bridgehead atoms. The van der Waals surface area contributed by atoms with Gasteiger partial charge in [-0.1, -0.05) is 26.7 Å². The van der Waals surface area contributed by atoms with E-state index in [0.29, 0.717) is 6.61 Å². The molecule has 11 heavy (non-hydrogen) atoms. The zero-order valence-corrected chi connectivity index (χ0v) is 7.43. The SMILES string of the molecule is [CH2]CCCC(C)C(=O)OCC. The molecule has 2 heteroatoms. The molecule has 1 radical (unpaired) electrons. The Hall–Kier alpha value is -0.530. The third-order valence-electron chi connectivity index (χ3n) is 1.58. The van der Waals surface area contributed by atoms with Crippen LogP contribution in [0.4, 0.5) is 0 Å². The minimum absolute atomic E-state index is 0.0386. The monoisotopic (exact) mass is 157 g/mol. The molecule has 0 aliphatic rings. The zero-order valence-electron chi connectivity index (χ0n) is 7.43. The molecule has 0 spiro atoms. The van der Waals surface area contributed by atoms with Crippen LogP contribution in [-0.4, -0.2) is 12.6 Å². The summed E-state index contributed by atoms with van der Waals surface area (Å²) in [7, 11) is 0. The fourth-order valence-corrected chi connectivity index (χ4v) is 0.853. The van der Waals surface area contributed by atoms with E-state index in [1.165, 1.54) is 0 Å². The van der Waals surface area contributed by atoms with Gasteiger partial charge in [-0.3, -0.25) is 4.79 Å². The van der Waals surface area contributed by atoms with E-state index >= 15 is 0 Å². The first-order valence-corrected chi connectivity index (χ1v) is 4.18. The summed E-state index contributed by atoms with van der Waals surface area (Å²) in [6.07, 6.45) is 2.78. The number of hydrogen-bond donors (Lipinski definition) is 0. The summed E-state index contributed by atoms with van der Waals surface area (Å²) in [6, 6.07) is 0. The topological polar surface area (TPSA) is 26.3 Å². The predicted octanol–water partition coefficient (Wildman–Crippen LogP) is 2.19. The zero-order chi connectivity index (χ0) is 8.69. The van der Waals surface area contributed by atoms with Gasteiger partial charge in [-0.05, 0) is 13.3 Å². The maximum atomic E-state index is 11.0. The van der Waals surface area contributed by atoms with Crippen LogP contribution in [0.15, 0.2) is 0 Å². The first kappa shape index (κ1) is 10.5. The van der Waals surface area contributed by atoms with Crippen molar-refractivity contribution in [3.8, 4) is 0 Å². The quantitative estimate of drug-likeness (QED) is 0.572. The van der Waals surface area contributed by atoms with Crippen LogP contribution in [0, 0.1) is 12.8 Å². The Bertz CT molecular complexity index is 110. The molecule has 0 aromatic rings. The van der Waals surface area contributed by atoms with Gasteiger partial charge >= 0.3 is 5.97 Å². The fraction of sp³-hybridized carbons (Fsp3) is 0.778. The Morgan fingerprint density at radius 3 is 2.73 bits per heavy atom. The predicted molar refractivity (Wildman–Crippen MR) is 45.0 cm³/mol. The van der Waals surface area contributed by atoms with Gasteiger partial charge in [0.25, 0.3) is 0 Å². The van der Waals surface area contributed by atoms with Crippen molar-refractivity contribution in [3.05, 3.63) is 6.92 Å². The van der Waals surface area contributed by atoms with Gasteiger partial charge in [0.1, 0.15) is 0 Å². The van der Waals surface area contributed by atoms with Crippen LogP contribution in [0.2, 0.25) is 0 Å². The van der Waals surface area contributed by atoms with E-state index in [1.54, 1.807) is 0 Å². The maximum Gasteiger partial charge on any atom is 0.308 e. The van der Waals surface area contributed by atoms with Crippen molar-refractivity contribution in [2.45, 2.75) is 33.1 Å². The molecule has 0 rings (SSSR count). The van der Waals surface area contributed by atoms with Crippen molar-refractivity contribution in [3.63, 3.8) is 0 Å². The molecule has 0 aliphatic heterocycles. The molecule has 0 heterocycles. The second-order valence-electron chi connectivity index (χ2n) is 2.65. The Balaban J connectivity index is 3.46. The molecule has 1 unspecified atom stereocenters. The average molecular weight is 157 g/mol. The van der Waals surface area contributed by atoms with E-state index in [9.17, 15) is 4.79 Å². The van der Waals surface area contributed by atoms with Gasteiger partial charge in [0, 0.05) is 0 Å². The van der Waals surface area contributed by atoms with Gasteiger partial charge in [-0.2, -0.15) is 0 Å². The molecule has 0 aromatic heterocycles. The van der Waals surface area contributed by atoms with Gasteiger partial charge in [0.15, 0.2) is 0 Å². The lowest BCUT2D eigenvalue weighted by atomic mass is 10.1. The van der Waals surface area contributed by atoms with Crippen LogP contribution < -0.4 is 0 Å². The number of esters is 1. The highest BCUT2D eigenvalue weighted by Gasteiger charge is 2.11. The molecule has 0 N–H and O–H groups in total. The summed E-state index contributed by atoms with van der Waals surface area (Å²) in [6.45, 7) is 7.91. The summed E-state index contributed by atoms with van der Waals surface area (Å²) < 4.78 is 4.84. The highest BCUT2D eigenvalue weighted by molar-refractivity contribution is 5.71. The fourth-order valence-electron chi connectivity index (χ4n) is 0.853. The molecule has 0 aromatic carbocycles. The van der Waals surface area contributed by atoms with Crippen LogP contribution >= 0.6 is 0 Å². The first-order chi connectivity index (χ1) is 5.22. The van der Waals surface area contributed by atoms with Crippen LogP contribution in [0.5, 0.6) is 0 Å². The van der Waals surface area contributed by atoms with Crippen molar-refractivity contribution >= 4 is 5.97 Å².